The highest BCUT2D eigenvalue weighted by Crippen LogP contribution is 2.22. The van der Waals surface area contributed by atoms with E-state index in [4.69, 9.17) is 4.74 Å². The Morgan fingerprint density at radius 1 is 1.25 bits per heavy atom. The summed E-state index contributed by atoms with van der Waals surface area (Å²) in [7, 11) is -3.20. The molecule has 5 nitrogen and oxygen atoms in total. The van der Waals surface area contributed by atoms with Crippen molar-refractivity contribution in [2.45, 2.75) is 0 Å². The van der Waals surface area contributed by atoms with Gasteiger partial charge in [-0.3, -0.25) is 4.98 Å². The molecular weight excluding hydrogens is 276 g/mol. The Kier molecular flexibility index (Phi) is 4.56. The average Bonchev–Trinajstić information content (AvgIpc) is 2.41. The van der Waals surface area contributed by atoms with Crippen LogP contribution in [0, 0.1) is 11.8 Å². The molecule has 1 aromatic heterocycles. The first-order chi connectivity index (χ1) is 9.56. The monoisotopic (exact) mass is 290 g/mol. The third-order valence-electron chi connectivity index (χ3n) is 2.44. The number of nitrogens with zero attached hydrogens (tertiary/aromatic N) is 1. The van der Waals surface area contributed by atoms with E-state index in [0.717, 1.165) is 17.2 Å². The molecule has 0 aliphatic carbocycles. The van der Waals surface area contributed by atoms with E-state index in [1.165, 1.54) is 0 Å². The summed E-state index contributed by atoms with van der Waals surface area (Å²) in [5.74, 6) is 6.08. The molecule has 1 aromatic carbocycles. The van der Waals surface area contributed by atoms with Crippen LogP contribution in [0.4, 0.5) is 0 Å². The lowest BCUT2D eigenvalue weighted by Crippen LogP contribution is -2.21. The summed E-state index contributed by atoms with van der Waals surface area (Å²) in [6.45, 7) is 0.261. The smallest absolute Gasteiger partial charge is 0.209 e. The number of sulfonamides is 1. The van der Waals surface area contributed by atoms with Crippen LogP contribution in [0.3, 0.4) is 0 Å². The Morgan fingerprint density at radius 2 is 2.05 bits per heavy atom. The Hall–Kier alpha value is -2.10. The first-order valence-corrected chi connectivity index (χ1v) is 7.82. The van der Waals surface area contributed by atoms with Gasteiger partial charge in [0.05, 0.1) is 12.8 Å². The zero-order valence-corrected chi connectivity index (χ0v) is 11.8. The molecule has 104 valence electrons. The van der Waals surface area contributed by atoms with Crippen LogP contribution in [-0.2, 0) is 10.0 Å². The summed E-state index contributed by atoms with van der Waals surface area (Å²) in [5.41, 5.74) is 0.783. The van der Waals surface area contributed by atoms with Gasteiger partial charge in [0.25, 0.3) is 0 Å². The number of aromatic nitrogens is 1. The van der Waals surface area contributed by atoms with Gasteiger partial charge in [0.2, 0.25) is 10.0 Å². The molecule has 0 bridgehead atoms. The second kappa shape index (κ2) is 6.37. The van der Waals surface area contributed by atoms with E-state index in [-0.39, 0.29) is 13.2 Å². The van der Waals surface area contributed by atoms with Crippen LogP contribution < -0.4 is 9.46 Å². The number of benzene rings is 1. The first-order valence-electron chi connectivity index (χ1n) is 5.93. The highest BCUT2D eigenvalue weighted by Gasteiger charge is 2.01. The topological polar surface area (TPSA) is 68.3 Å². The number of nitrogens with one attached hydrogen (secondary N) is 1. The van der Waals surface area contributed by atoms with Gasteiger partial charge in [-0.25, -0.2) is 13.1 Å². The van der Waals surface area contributed by atoms with E-state index in [9.17, 15) is 8.42 Å². The molecule has 1 heterocycles. The lowest BCUT2D eigenvalue weighted by atomic mass is 10.2. The molecule has 0 atom stereocenters. The second-order valence-corrected chi connectivity index (χ2v) is 5.90. The minimum absolute atomic E-state index is 0.0793. The van der Waals surface area contributed by atoms with Gasteiger partial charge < -0.3 is 4.74 Å². The summed E-state index contributed by atoms with van der Waals surface area (Å²) in [6, 6.07) is 9.49. The molecule has 0 spiro atoms. The molecule has 0 radical (unpaired) electrons. The molecule has 0 aliphatic rings. The van der Waals surface area contributed by atoms with Crippen molar-refractivity contribution in [2.75, 3.05) is 19.4 Å². The summed E-state index contributed by atoms with van der Waals surface area (Å²) >= 11 is 0. The predicted molar refractivity (Wildman–Crippen MR) is 77.9 cm³/mol. The van der Waals surface area contributed by atoms with Crippen molar-refractivity contribution in [1.29, 1.82) is 0 Å². The fraction of sp³-hybridized carbons (Fsp3) is 0.214. The highest BCUT2D eigenvalue weighted by atomic mass is 32.2. The maximum atomic E-state index is 10.8. The van der Waals surface area contributed by atoms with Gasteiger partial charge >= 0.3 is 0 Å². The molecule has 2 rings (SSSR count). The largest absolute Gasteiger partial charge is 0.479 e. The van der Waals surface area contributed by atoms with Gasteiger partial charge in [0.1, 0.15) is 17.9 Å². The van der Waals surface area contributed by atoms with Crippen molar-refractivity contribution in [3.63, 3.8) is 0 Å². The van der Waals surface area contributed by atoms with Crippen molar-refractivity contribution in [3.8, 4) is 17.6 Å². The molecule has 0 saturated carbocycles. The van der Waals surface area contributed by atoms with Crippen LogP contribution in [0.25, 0.3) is 10.9 Å². The van der Waals surface area contributed by atoms with Crippen LogP contribution in [0.5, 0.6) is 5.75 Å². The summed E-state index contributed by atoms with van der Waals surface area (Å²) in [4.78, 5) is 4.26. The second-order valence-electron chi connectivity index (χ2n) is 4.07. The fourth-order valence-corrected chi connectivity index (χ4v) is 1.92. The predicted octanol–water partition coefficient (Wildman–Crippen LogP) is 1.17. The maximum Gasteiger partial charge on any atom is 0.209 e. The van der Waals surface area contributed by atoms with E-state index >= 15 is 0 Å². The van der Waals surface area contributed by atoms with Gasteiger partial charge in [-0.15, -0.1) is 0 Å². The molecule has 0 fully saturated rings. The number of fused-ring (bicyclic) bond motifs is 1. The number of hydrogen-bond donors (Lipinski definition) is 1. The van der Waals surface area contributed by atoms with Gasteiger partial charge in [0.15, 0.2) is 0 Å². The molecular formula is C14H14N2O3S. The number of hydrogen-bond acceptors (Lipinski definition) is 4. The van der Waals surface area contributed by atoms with Crippen LogP contribution in [-0.4, -0.2) is 32.8 Å². The molecule has 6 heteroatoms. The number of pyridine rings is 1. The van der Waals surface area contributed by atoms with Crippen molar-refractivity contribution < 1.29 is 13.2 Å². The van der Waals surface area contributed by atoms with Crippen molar-refractivity contribution in [2.24, 2.45) is 0 Å². The molecule has 0 aliphatic heterocycles. The third kappa shape index (κ3) is 4.23. The zero-order chi connectivity index (χ0) is 14.4. The van der Waals surface area contributed by atoms with Crippen molar-refractivity contribution >= 4 is 20.9 Å². The van der Waals surface area contributed by atoms with E-state index in [1.807, 2.05) is 30.3 Å². The SMILES string of the molecule is CS(=O)(=O)NCC#CCOc1cccc2cccnc12. The lowest BCUT2D eigenvalue weighted by molar-refractivity contribution is 0.374. The van der Waals surface area contributed by atoms with Crippen LogP contribution >= 0.6 is 0 Å². The quantitative estimate of drug-likeness (QED) is 0.858. The molecule has 2 aromatic rings. The van der Waals surface area contributed by atoms with E-state index < -0.39 is 10.0 Å². The molecule has 0 amide bonds. The Balaban J connectivity index is 1.95. The standard InChI is InChI=1S/C14H14N2O3S/c1-20(17,18)16-10-2-3-11-19-13-8-4-6-12-7-5-9-15-14(12)13/h4-9,16H,10-11H2,1H3. The molecule has 20 heavy (non-hydrogen) atoms. The van der Waals surface area contributed by atoms with Gasteiger partial charge in [-0.1, -0.05) is 30.0 Å². The molecule has 0 saturated heterocycles. The molecule has 0 unspecified atom stereocenters. The van der Waals surface area contributed by atoms with Gasteiger partial charge in [-0.05, 0) is 12.1 Å². The fourth-order valence-electron chi connectivity index (χ4n) is 1.59. The van der Waals surface area contributed by atoms with E-state index in [1.54, 1.807) is 6.20 Å². The Bertz CT molecular complexity index is 755. The summed E-state index contributed by atoms with van der Waals surface area (Å²) < 4.78 is 29.4. The van der Waals surface area contributed by atoms with Crippen molar-refractivity contribution in [1.82, 2.24) is 9.71 Å². The van der Waals surface area contributed by atoms with Gasteiger partial charge in [-0.2, -0.15) is 0 Å². The summed E-state index contributed by atoms with van der Waals surface area (Å²) in [5, 5.41) is 0.997. The van der Waals surface area contributed by atoms with E-state index in [2.05, 4.69) is 21.5 Å². The minimum Gasteiger partial charge on any atom is -0.479 e. The van der Waals surface area contributed by atoms with Crippen LogP contribution in [0.1, 0.15) is 0 Å². The van der Waals surface area contributed by atoms with Crippen molar-refractivity contribution in [3.05, 3.63) is 36.5 Å². The number of rotatable bonds is 4. The Morgan fingerprint density at radius 3 is 2.85 bits per heavy atom. The van der Waals surface area contributed by atoms with Gasteiger partial charge in [0, 0.05) is 11.6 Å². The molecule has 1 N–H and O–H groups in total. The lowest BCUT2D eigenvalue weighted by Gasteiger charge is -2.05. The average molecular weight is 290 g/mol. The zero-order valence-electron chi connectivity index (χ0n) is 11.0. The number of ether oxygens (including phenoxy) is 1. The Labute approximate surface area is 118 Å². The first kappa shape index (κ1) is 14.3. The van der Waals surface area contributed by atoms with E-state index in [0.29, 0.717) is 5.75 Å². The highest BCUT2D eigenvalue weighted by molar-refractivity contribution is 7.88. The summed E-state index contributed by atoms with van der Waals surface area (Å²) in [6.07, 6.45) is 2.80. The normalized spacial score (nSPS) is 10.8. The van der Waals surface area contributed by atoms with Crippen LogP contribution in [0.2, 0.25) is 0 Å². The van der Waals surface area contributed by atoms with Crippen LogP contribution in [0.15, 0.2) is 36.5 Å². The number of para-hydroxylation sites is 1. The third-order valence-corrected chi connectivity index (χ3v) is 3.11. The minimum atomic E-state index is -3.20. The maximum absolute atomic E-state index is 10.8.